The van der Waals surface area contributed by atoms with E-state index in [0.717, 1.165) is 30.9 Å². The molecule has 0 aliphatic carbocycles. The van der Waals surface area contributed by atoms with Gasteiger partial charge in [0.15, 0.2) is 5.96 Å². The topological polar surface area (TPSA) is 54.2 Å². The first-order valence-electron chi connectivity index (χ1n) is 7.34. The molecule has 0 fully saturated rings. The van der Waals surface area contributed by atoms with E-state index in [9.17, 15) is 4.39 Å². The lowest BCUT2D eigenvalue weighted by atomic mass is 10.2. The number of nitrogens with one attached hydrogen (secondary N) is 2. The van der Waals surface area contributed by atoms with E-state index < -0.39 is 0 Å². The summed E-state index contributed by atoms with van der Waals surface area (Å²) in [6, 6.07) is 6.54. The van der Waals surface area contributed by atoms with E-state index in [1.165, 1.54) is 17.7 Å². The van der Waals surface area contributed by atoms with Gasteiger partial charge in [0.05, 0.1) is 6.20 Å². The molecule has 0 unspecified atom stereocenters. The van der Waals surface area contributed by atoms with Crippen molar-refractivity contribution in [3.8, 4) is 0 Å². The lowest BCUT2D eigenvalue weighted by molar-refractivity contribution is 0.624. The van der Waals surface area contributed by atoms with Crippen LogP contribution in [0.4, 0.5) is 4.39 Å². The maximum absolute atomic E-state index is 13.1. The van der Waals surface area contributed by atoms with Crippen LogP contribution in [0.2, 0.25) is 0 Å². The van der Waals surface area contributed by atoms with Crippen molar-refractivity contribution < 1.29 is 4.39 Å². The molecule has 0 radical (unpaired) electrons. The Labute approximate surface area is 153 Å². The Balaban J connectivity index is 0.00000264. The molecule has 0 aliphatic heterocycles. The van der Waals surface area contributed by atoms with Crippen LogP contribution in [0.15, 0.2) is 41.7 Å². The van der Waals surface area contributed by atoms with Gasteiger partial charge in [-0.3, -0.25) is 9.67 Å². The highest BCUT2D eigenvalue weighted by Gasteiger charge is 2.00. The lowest BCUT2D eigenvalue weighted by Gasteiger charge is -2.11. The molecule has 0 spiro atoms. The minimum Gasteiger partial charge on any atom is -0.356 e. The number of hydrogen-bond acceptors (Lipinski definition) is 2. The van der Waals surface area contributed by atoms with Gasteiger partial charge in [0, 0.05) is 33.4 Å². The van der Waals surface area contributed by atoms with Crippen molar-refractivity contribution in [2.45, 2.75) is 19.4 Å². The molecule has 0 aliphatic rings. The summed E-state index contributed by atoms with van der Waals surface area (Å²) < 4.78 is 14.9. The second-order valence-corrected chi connectivity index (χ2v) is 5.11. The average molecular weight is 431 g/mol. The van der Waals surface area contributed by atoms with E-state index in [1.54, 1.807) is 13.1 Å². The maximum atomic E-state index is 13.1. The first-order chi connectivity index (χ1) is 10.7. The Hall–Kier alpha value is -1.64. The first-order valence-corrected chi connectivity index (χ1v) is 7.34. The van der Waals surface area contributed by atoms with Gasteiger partial charge in [-0.05, 0) is 36.1 Å². The highest BCUT2D eigenvalue weighted by Crippen LogP contribution is 2.03. The number of guanidine groups is 1. The summed E-state index contributed by atoms with van der Waals surface area (Å²) in [6.07, 6.45) is 5.88. The van der Waals surface area contributed by atoms with Crippen molar-refractivity contribution in [1.82, 2.24) is 20.4 Å². The van der Waals surface area contributed by atoms with Crippen molar-refractivity contribution in [3.63, 3.8) is 0 Å². The summed E-state index contributed by atoms with van der Waals surface area (Å²) in [4.78, 5) is 4.16. The predicted octanol–water partition coefficient (Wildman–Crippen LogP) is 2.48. The molecule has 5 nitrogen and oxygen atoms in total. The van der Waals surface area contributed by atoms with Crippen LogP contribution in [0, 0.1) is 5.82 Å². The molecule has 0 saturated heterocycles. The van der Waals surface area contributed by atoms with Crippen molar-refractivity contribution >= 4 is 29.9 Å². The van der Waals surface area contributed by atoms with Crippen LogP contribution >= 0.6 is 24.0 Å². The molecule has 1 aromatic carbocycles. The molecule has 23 heavy (non-hydrogen) atoms. The summed E-state index contributed by atoms with van der Waals surface area (Å²) >= 11 is 0. The number of aliphatic imine (C=N–C) groups is 1. The van der Waals surface area contributed by atoms with E-state index in [4.69, 9.17) is 0 Å². The van der Waals surface area contributed by atoms with Gasteiger partial charge < -0.3 is 10.6 Å². The molecule has 2 aromatic rings. The van der Waals surface area contributed by atoms with Crippen molar-refractivity contribution in [3.05, 3.63) is 53.6 Å². The van der Waals surface area contributed by atoms with Crippen LogP contribution in [-0.4, -0.2) is 29.3 Å². The molecule has 0 amide bonds. The fraction of sp³-hybridized carbons (Fsp3) is 0.375. The standard InChI is InChI=1S/C16H22FN5.HI/c1-18-16(20-10-13-5-3-7-15(17)9-13)19-8-4-6-14-11-21-22(2)12-14;/h3,5,7,9,11-12H,4,6,8,10H2,1-2H3,(H2,18,19,20);1H. The second kappa shape index (κ2) is 10.2. The molecule has 2 rings (SSSR count). The van der Waals surface area contributed by atoms with E-state index >= 15 is 0 Å². The monoisotopic (exact) mass is 431 g/mol. The van der Waals surface area contributed by atoms with Gasteiger partial charge in [-0.25, -0.2) is 4.39 Å². The third kappa shape index (κ3) is 6.98. The van der Waals surface area contributed by atoms with E-state index in [-0.39, 0.29) is 29.8 Å². The van der Waals surface area contributed by atoms with Gasteiger partial charge >= 0.3 is 0 Å². The summed E-state index contributed by atoms with van der Waals surface area (Å²) in [5.41, 5.74) is 2.12. The Morgan fingerprint density at radius 1 is 1.30 bits per heavy atom. The van der Waals surface area contributed by atoms with E-state index in [0.29, 0.717) is 6.54 Å². The van der Waals surface area contributed by atoms with Crippen LogP contribution in [0.25, 0.3) is 0 Å². The zero-order valence-corrected chi connectivity index (χ0v) is 15.8. The maximum Gasteiger partial charge on any atom is 0.191 e. The first kappa shape index (κ1) is 19.4. The number of benzene rings is 1. The van der Waals surface area contributed by atoms with Crippen molar-refractivity contribution in [2.75, 3.05) is 13.6 Å². The van der Waals surface area contributed by atoms with Gasteiger partial charge in [0.2, 0.25) is 0 Å². The van der Waals surface area contributed by atoms with Crippen LogP contribution in [0.5, 0.6) is 0 Å². The SMILES string of the molecule is CN=C(NCCCc1cnn(C)c1)NCc1cccc(F)c1.I. The fourth-order valence-electron chi connectivity index (χ4n) is 2.15. The number of nitrogens with zero attached hydrogens (tertiary/aromatic N) is 3. The predicted molar refractivity (Wildman–Crippen MR) is 102 cm³/mol. The van der Waals surface area contributed by atoms with Crippen LogP contribution < -0.4 is 10.6 Å². The fourth-order valence-corrected chi connectivity index (χ4v) is 2.15. The van der Waals surface area contributed by atoms with Crippen molar-refractivity contribution in [2.24, 2.45) is 12.0 Å². The minimum atomic E-state index is -0.223. The van der Waals surface area contributed by atoms with Gasteiger partial charge in [0.25, 0.3) is 0 Å². The number of rotatable bonds is 6. The third-order valence-electron chi connectivity index (χ3n) is 3.27. The molecule has 2 N–H and O–H groups in total. The van der Waals surface area contributed by atoms with Crippen LogP contribution in [0.3, 0.4) is 0 Å². The summed E-state index contributed by atoms with van der Waals surface area (Å²) in [5.74, 6) is 0.495. The molecule has 126 valence electrons. The Morgan fingerprint density at radius 2 is 2.13 bits per heavy atom. The quantitative estimate of drug-likeness (QED) is 0.320. The number of aryl methyl sites for hydroxylation is 2. The number of aromatic nitrogens is 2. The van der Waals surface area contributed by atoms with Gasteiger partial charge in [-0.1, -0.05) is 12.1 Å². The largest absolute Gasteiger partial charge is 0.356 e. The van der Waals surface area contributed by atoms with E-state index in [1.807, 2.05) is 30.2 Å². The number of hydrogen-bond donors (Lipinski definition) is 2. The van der Waals surface area contributed by atoms with E-state index in [2.05, 4.69) is 20.7 Å². The molecule has 0 saturated carbocycles. The summed E-state index contributed by atoms with van der Waals surface area (Å²) in [7, 11) is 3.64. The summed E-state index contributed by atoms with van der Waals surface area (Å²) in [5, 5.41) is 10.6. The highest BCUT2D eigenvalue weighted by molar-refractivity contribution is 14.0. The minimum absolute atomic E-state index is 0. The van der Waals surface area contributed by atoms with Gasteiger partial charge in [0.1, 0.15) is 5.82 Å². The van der Waals surface area contributed by atoms with Gasteiger partial charge in [-0.15, -0.1) is 24.0 Å². The molecular formula is C16H23FIN5. The zero-order chi connectivity index (χ0) is 15.8. The Morgan fingerprint density at radius 3 is 2.78 bits per heavy atom. The third-order valence-corrected chi connectivity index (χ3v) is 3.27. The zero-order valence-electron chi connectivity index (χ0n) is 13.4. The molecule has 0 atom stereocenters. The van der Waals surface area contributed by atoms with Crippen LogP contribution in [-0.2, 0) is 20.0 Å². The average Bonchev–Trinajstić information content (AvgIpc) is 2.92. The molecule has 1 heterocycles. The van der Waals surface area contributed by atoms with Crippen LogP contribution in [0.1, 0.15) is 17.5 Å². The van der Waals surface area contributed by atoms with Gasteiger partial charge in [-0.2, -0.15) is 5.10 Å². The molecule has 0 bridgehead atoms. The Kier molecular flexibility index (Phi) is 8.60. The molecule has 1 aromatic heterocycles. The Bertz CT molecular complexity index is 626. The molecular weight excluding hydrogens is 408 g/mol. The highest BCUT2D eigenvalue weighted by atomic mass is 127. The number of halogens is 2. The van der Waals surface area contributed by atoms with Crippen molar-refractivity contribution in [1.29, 1.82) is 0 Å². The summed E-state index contributed by atoms with van der Waals surface area (Å²) in [6.45, 7) is 1.36. The smallest absolute Gasteiger partial charge is 0.191 e. The second-order valence-electron chi connectivity index (χ2n) is 5.11. The molecule has 7 heteroatoms. The normalized spacial score (nSPS) is 11.0. The lowest BCUT2D eigenvalue weighted by Crippen LogP contribution is -2.37.